The zero-order valence-corrected chi connectivity index (χ0v) is 26.0. The van der Waals surface area contributed by atoms with Gasteiger partial charge < -0.3 is 25.0 Å². The Morgan fingerprint density at radius 3 is 2.35 bits per heavy atom. The van der Waals surface area contributed by atoms with Crippen LogP contribution in [0.4, 0.5) is 31.9 Å². The summed E-state index contributed by atoms with van der Waals surface area (Å²) in [5, 5.41) is 9.12. The van der Waals surface area contributed by atoms with E-state index in [-0.39, 0.29) is 30.6 Å². The Balaban J connectivity index is 1.53. The minimum absolute atomic E-state index is 0.0844. The molecular weight excluding hydrogens is 601 g/mol. The number of hydrogen-bond donors (Lipinski definition) is 3. The van der Waals surface area contributed by atoms with Gasteiger partial charge in [0.15, 0.2) is 11.6 Å². The van der Waals surface area contributed by atoms with Crippen LogP contribution in [-0.2, 0) is 23.6 Å². The van der Waals surface area contributed by atoms with Crippen LogP contribution in [0.2, 0.25) is 0 Å². The molecule has 0 radical (unpaired) electrons. The summed E-state index contributed by atoms with van der Waals surface area (Å²) in [5.74, 6) is -1.40. The second-order valence-corrected chi connectivity index (χ2v) is 13.9. The maximum absolute atomic E-state index is 14.0. The zero-order valence-electron chi connectivity index (χ0n) is 24.3. The van der Waals surface area contributed by atoms with E-state index in [1.165, 1.54) is 28.7 Å². The number of hydrogen-bond acceptors (Lipinski definition) is 10. The summed E-state index contributed by atoms with van der Waals surface area (Å²) in [6.07, 6.45) is 2.51. The van der Waals surface area contributed by atoms with Crippen molar-refractivity contribution in [3.8, 4) is 0 Å². The van der Waals surface area contributed by atoms with E-state index < -0.39 is 41.0 Å². The van der Waals surface area contributed by atoms with E-state index in [1.54, 1.807) is 32.0 Å². The molecule has 2 atom stereocenters. The summed E-state index contributed by atoms with van der Waals surface area (Å²) in [6, 6.07) is 10.6. The summed E-state index contributed by atoms with van der Waals surface area (Å²) in [5.41, 5.74) is 0.181. The molecule has 4 rings (SSSR count). The molecule has 234 valence electrons. The van der Waals surface area contributed by atoms with Gasteiger partial charge in [-0.2, -0.15) is 9.29 Å². The second kappa shape index (κ2) is 14.7. The minimum Gasteiger partial charge on any atom is -0.340 e. The lowest BCUT2D eigenvalue weighted by molar-refractivity contribution is 0.182. The predicted octanol–water partition coefficient (Wildman–Crippen LogP) is 5.64. The van der Waals surface area contributed by atoms with Crippen LogP contribution in [-0.4, -0.2) is 67.2 Å². The topological polar surface area (TPSA) is 135 Å². The van der Waals surface area contributed by atoms with Gasteiger partial charge in [0.05, 0.1) is 23.8 Å². The highest BCUT2D eigenvalue weighted by atomic mass is 32.2. The van der Waals surface area contributed by atoms with Gasteiger partial charge in [-0.15, -0.1) is 0 Å². The summed E-state index contributed by atoms with van der Waals surface area (Å²) in [6.45, 7) is 6.85. The quantitative estimate of drug-likeness (QED) is 0.191. The van der Waals surface area contributed by atoms with Crippen molar-refractivity contribution in [2.45, 2.75) is 50.2 Å². The molecule has 15 heteroatoms. The van der Waals surface area contributed by atoms with Gasteiger partial charge in [0.25, 0.3) is 0 Å². The first-order chi connectivity index (χ1) is 20.6. The summed E-state index contributed by atoms with van der Waals surface area (Å²) < 4.78 is 81.2. The summed E-state index contributed by atoms with van der Waals surface area (Å²) in [7, 11) is -7.58. The Bertz CT molecular complexity index is 1520. The van der Waals surface area contributed by atoms with Crippen LogP contribution in [0.15, 0.2) is 59.6 Å². The molecule has 11 nitrogen and oxygen atoms in total. The van der Waals surface area contributed by atoms with E-state index in [1.807, 2.05) is 6.92 Å². The number of benzene rings is 2. The normalized spacial score (nSPS) is 17.6. The Kier molecular flexibility index (Phi) is 11.2. The van der Waals surface area contributed by atoms with Crippen molar-refractivity contribution < 1.29 is 30.8 Å². The number of aromatic nitrogens is 2. The first-order valence-corrected chi connectivity index (χ1v) is 17.2. The van der Waals surface area contributed by atoms with Crippen LogP contribution in [0.3, 0.4) is 0 Å². The number of rotatable bonds is 14. The molecule has 0 bridgehead atoms. The average molecular weight is 639 g/mol. The molecule has 2 unspecified atom stereocenters. The molecule has 0 amide bonds. The highest BCUT2D eigenvalue weighted by Crippen LogP contribution is 2.56. The van der Waals surface area contributed by atoms with Gasteiger partial charge in [-0.05, 0) is 75.7 Å². The second-order valence-electron chi connectivity index (χ2n) is 9.79. The molecule has 1 aliphatic rings. The van der Waals surface area contributed by atoms with Crippen molar-refractivity contribution in [1.29, 1.82) is 0 Å². The number of halogens is 2. The van der Waals surface area contributed by atoms with E-state index in [0.29, 0.717) is 43.1 Å². The third kappa shape index (κ3) is 7.94. The third-order valence-electron chi connectivity index (χ3n) is 6.82. The first kappa shape index (κ1) is 32.9. The highest BCUT2D eigenvalue weighted by Gasteiger charge is 2.47. The molecule has 0 aliphatic carbocycles. The van der Waals surface area contributed by atoms with Crippen molar-refractivity contribution >= 4 is 40.8 Å². The number of nitrogens with one attached hydrogen (secondary N) is 3. The fourth-order valence-electron chi connectivity index (χ4n) is 4.95. The smallest absolute Gasteiger partial charge is 0.336 e. The predicted molar refractivity (Wildman–Crippen MR) is 162 cm³/mol. The van der Waals surface area contributed by atoms with E-state index in [9.17, 15) is 21.8 Å². The molecule has 2 aromatic carbocycles. The largest absolute Gasteiger partial charge is 0.340 e. The van der Waals surface area contributed by atoms with Gasteiger partial charge in [-0.3, -0.25) is 4.57 Å². The van der Waals surface area contributed by atoms with Gasteiger partial charge in [-0.1, -0.05) is 6.92 Å². The van der Waals surface area contributed by atoms with Crippen LogP contribution in [0, 0.1) is 11.6 Å². The molecule has 0 spiro atoms. The average Bonchev–Trinajstić information content (AvgIpc) is 2.98. The zero-order chi connectivity index (χ0) is 31.0. The molecule has 1 saturated heterocycles. The van der Waals surface area contributed by atoms with Gasteiger partial charge in [-0.25, -0.2) is 22.2 Å². The van der Waals surface area contributed by atoms with E-state index in [4.69, 9.17) is 9.05 Å². The summed E-state index contributed by atoms with van der Waals surface area (Å²) in [4.78, 5) is 8.59. The Morgan fingerprint density at radius 2 is 1.70 bits per heavy atom. The Morgan fingerprint density at radius 1 is 1.00 bits per heavy atom. The number of anilines is 4. The number of piperidine rings is 1. The molecule has 43 heavy (non-hydrogen) atoms. The van der Waals surface area contributed by atoms with Crippen LogP contribution in [0.1, 0.15) is 33.6 Å². The molecule has 0 saturated carbocycles. The molecule has 1 aliphatic heterocycles. The molecule has 3 N–H and O–H groups in total. The molecule has 1 fully saturated rings. The fourth-order valence-corrected chi connectivity index (χ4v) is 9.08. The van der Waals surface area contributed by atoms with Crippen LogP contribution in [0.25, 0.3) is 0 Å². The van der Waals surface area contributed by atoms with E-state index >= 15 is 0 Å². The van der Waals surface area contributed by atoms with Gasteiger partial charge in [0.1, 0.15) is 5.82 Å². The maximum Gasteiger partial charge on any atom is 0.336 e. The monoisotopic (exact) mass is 638 g/mol. The Labute approximate surface area is 251 Å². The highest BCUT2D eigenvalue weighted by molar-refractivity contribution is 7.89. The van der Waals surface area contributed by atoms with Gasteiger partial charge >= 0.3 is 7.60 Å². The van der Waals surface area contributed by atoms with Gasteiger partial charge in [0.2, 0.25) is 16.0 Å². The van der Waals surface area contributed by atoms with Crippen LogP contribution < -0.4 is 16.0 Å². The number of nitrogens with zero attached hydrogens (tertiary/aromatic N) is 3. The lowest BCUT2D eigenvalue weighted by Gasteiger charge is -2.41. The molecule has 3 aromatic rings. The summed E-state index contributed by atoms with van der Waals surface area (Å²) >= 11 is 0. The van der Waals surface area contributed by atoms with Gasteiger partial charge in [0, 0.05) is 42.8 Å². The number of sulfonamides is 1. The third-order valence-corrected chi connectivity index (χ3v) is 11.3. The SMILES string of the molecule is CCCN(C1CCNCC1P(=O)(OCC)OCC)S(=O)(=O)c1ccc(Nc2nccc(Nc3ccc(F)c(F)c3)n2)cc1. The van der Waals surface area contributed by atoms with E-state index in [2.05, 4.69) is 25.9 Å². The van der Waals surface area contributed by atoms with Crippen molar-refractivity contribution in [2.75, 3.05) is 43.5 Å². The molecular formula is C28H37F2N6O5PS. The van der Waals surface area contributed by atoms with E-state index in [0.717, 1.165) is 12.1 Å². The fraction of sp³-hybridized carbons (Fsp3) is 0.429. The lowest BCUT2D eigenvalue weighted by Crippen LogP contribution is -2.55. The van der Waals surface area contributed by atoms with Crippen molar-refractivity contribution in [2.24, 2.45) is 0 Å². The van der Waals surface area contributed by atoms with Crippen molar-refractivity contribution in [3.63, 3.8) is 0 Å². The van der Waals surface area contributed by atoms with Crippen LogP contribution >= 0.6 is 7.60 Å². The lowest BCUT2D eigenvalue weighted by atomic mass is 10.1. The first-order valence-electron chi connectivity index (χ1n) is 14.1. The molecule has 1 aromatic heterocycles. The standard InChI is InChI=1S/C28H37F2N6O5PS/c1-4-17-36(25-13-15-31-19-26(25)42(37,40-5-2)41-6-3)43(38,39)22-10-7-20(8-11-22)34-28-32-16-14-27(35-28)33-21-9-12-23(29)24(30)18-21/h7-12,14,16,18,25-26,31H,4-6,13,15,17,19H2,1-3H3,(H2,32,33,34,35). The van der Waals surface area contributed by atoms with Crippen molar-refractivity contribution in [3.05, 3.63) is 66.4 Å². The van der Waals surface area contributed by atoms with Crippen molar-refractivity contribution in [1.82, 2.24) is 19.6 Å². The molecule has 2 heterocycles. The van der Waals surface area contributed by atoms with Crippen LogP contribution in [0.5, 0.6) is 0 Å². The Hall–Kier alpha value is -3.00. The minimum atomic E-state index is -3.98. The maximum atomic E-state index is 14.0.